The van der Waals surface area contributed by atoms with Crippen molar-refractivity contribution in [2.75, 3.05) is 5.73 Å². The standard InChI is InChI=1S/C14H16N4O3/c1-8(2)14-16-11(15)7-12(17-14)21-13-9(3)5-4-6-10(13)18(19)20/h4-8H,1-3H3,(H2,15,16,17). The Hall–Kier alpha value is -2.70. The van der Waals surface area contributed by atoms with Crippen LogP contribution in [0.15, 0.2) is 24.3 Å². The molecule has 1 aromatic carbocycles. The average molecular weight is 288 g/mol. The first-order chi connectivity index (χ1) is 9.88. The fraction of sp³-hybridized carbons (Fsp3) is 0.286. The number of ether oxygens (including phenoxy) is 1. The number of anilines is 1. The minimum absolute atomic E-state index is 0.0720. The molecule has 2 N–H and O–H groups in total. The Morgan fingerprint density at radius 1 is 1.33 bits per heavy atom. The molecule has 0 bridgehead atoms. The lowest BCUT2D eigenvalue weighted by Crippen LogP contribution is -2.04. The SMILES string of the molecule is Cc1cccc([N+](=O)[O-])c1Oc1cc(N)nc(C(C)C)n1. The van der Waals surface area contributed by atoms with Crippen LogP contribution in [0.2, 0.25) is 0 Å². The Kier molecular flexibility index (Phi) is 4.02. The highest BCUT2D eigenvalue weighted by atomic mass is 16.6. The van der Waals surface area contributed by atoms with Crippen molar-refractivity contribution < 1.29 is 9.66 Å². The second-order valence-corrected chi connectivity index (χ2v) is 4.93. The van der Waals surface area contributed by atoms with E-state index in [0.29, 0.717) is 11.4 Å². The zero-order chi connectivity index (χ0) is 15.6. The first kappa shape index (κ1) is 14.7. The highest BCUT2D eigenvalue weighted by Gasteiger charge is 2.19. The molecule has 2 aromatic rings. The Labute approximate surface area is 121 Å². The second kappa shape index (κ2) is 5.74. The highest BCUT2D eigenvalue weighted by Crippen LogP contribution is 2.34. The molecular formula is C14H16N4O3. The number of benzene rings is 1. The van der Waals surface area contributed by atoms with Crippen molar-refractivity contribution in [2.45, 2.75) is 26.7 Å². The van der Waals surface area contributed by atoms with E-state index in [1.807, 2.05) is 13.8 Å². The predicted octanol–water partition coefficient (Wildman–Crippen LogP) is 3.19. The van der Waals surface area contributed by atoms with E-state index in [0.717, 1.165) is 0 Å². The molecule has 0 aliphatic rings. The van der Waals surface area contributed by atoms with E-state index in [-0.39, 0.29) is 29.1 Å². The second-order valence-electron chi connectivity index (χ2n) is 4.93. The molecule has 0 atom stereocenters. The number of aryl methyl sites for hydroxylation is 1. The molecule has 1 aromatic heterocycles. The molecule has 21 heavy (non-hydrogen) atoms. The number of hydrogen-bond donors (Lipinski definition) is 1. The first-order valence-electron chi connectivity index (χ1n) is 6.44. The summed E-state index contributed by atoms with van der Waals surface area (Å²) in [5, 5.41) is 11.1. The van der Waals surface area contributed by atoms with Crippen LogP contribution in [0.25, 0.3) is 0 Å². The molecule has 0 fully saturated rings. The van der Waals surface area contributed by atoms with Crippen LogP contribution in [0.4, 0.5) is 11.5 Å². The number of rotatable bonds is 4. The summed E-state index contributed by atoms with van der Waals surface area (Å²) in [7, 11) is 0. The average Bonchev–Trinajstić information content (AvgIpc) is 2.40. The van der Waals surface area contributed by atoms with E-state index in [1.165, 1.54) is 12.1 Å². The molecule has 0 unspecified atom stereocenters. The molecule has 110 valence electrons. The Morgan fingerprint density at radius 2 is 2.05 bits per heavy atom. The lowest BCUT2D eigenvalue weighted by Gasteiger charge is -2.11. The summed E-state index contributed by atoms with van der Waals surface area (Å²) in [5.74, 6) is 1.22. The van der Waals surface area contributed by atoms with Gasteiger partial charge in [-0.05, 0) is 12.5 Å². The molecule has 0 aliphatic carbocycles. The summed E-state index contributed by atoms with van der Waals surface area (Å²) in [4.78, 5) is 18.9. The zero-order valence-electron chi connectivity index (χ0n) is 12.0. The number of nitrogens with zero attached hydrogens (tertiary/aromatic N) is 3. The van der Waals surface area contributed by atoms with Gasteiger partial charge in [-0.3, -0.25) is 10.1 Å². The molecule has 1 heterocycles. The van der Waals surface area contributed by atoms with Gasteiger partial charge >= 0.3 is 5.69 Å². The van der Waals surface area contributed by atoms with Crippen molar-refractivity contribution in [3.8, 4) is 11.6 Å². The molecule has 0 amide bonds. The number of hydrogen-bond acceptors (Lipinski definition) is 6. The molecule has 0 saturated carbocycles. The van der Waals surface area contributed by atoms with Crippen molar-refractivity contribution in [1.29, 1.82) is 0 Å². The number of nitrogen functional groups attached to an aromatic ring is 1. The van der Waals surface area contributed by atoms with Gasteiger partial charge in [0.2, 0.25) is 11.6 Å². The van der Waals surface area contributed by atoms with Crippen LogP contribution in [0.5, 0.6) is 11.6 Å². The molecular weight excluding hydrogens is 272 g/mol. The third kappa shape index (κ3) is 3.25. The summed E-state index contributed by atoms with van der Waals surface area (Å²) < 4.78 is 5.60. The fourth-order valence-corrected chi connectivity index (χ4v) is 1.79. The number of nitro groups is 1. The van der Waals surface area contributed by atoms with E-state index < -0.39 is 4.92 Å². The van der Waals surface area contributed by atoms with Crippen molar-refractivity contribution in [2.24, 2.45) is 0 Å². The number of nitro benzene ring substituents is 1. The molecule has 0 saturated heterocycles. The van der Waals surface area contributed by atoms with Crippen LogP contribution < -0.4 is 10.5 Å². The third-order valence-corrected chi connectivity index (χ3v) is 2.85. The van der Waals surface area contributed by atoms with Crippen LogP contribution in [0.1, 0.15) is 31.2 Å². The zero-order valence-corrected chi connectivity index (χ0v) is 12.0. The lowest BCUT2D eigenvalue weighted by atomic mass is 10.2. The molecule has 0 spiro atoms. The monoisotopic (exact) mass is 288 g/mol. The van der Waals surface area contributed by atoms with Crippen LogP contribution in [-0.2, 0) is 0 Å². The predicted molar refractivity (Wildman–Crippen MR) is 78.4 cm³/mol. The van der Waals surface area contributed by atoms with Gasteiger partial charge in [0.15, 0.2) is 0 Å². The minimum Gasteiger partial charge on any atom is -0.431 e. The van der Waals surface area contributed by atoms with Gasteiger partial charge in [0.05, 0.1) is 4.92 Å². The summed E-state index contributed by atoms with van der Waals surface area (Å²) in [6.45, 7) is 5.58. The number of aromatic nitrogens is 2. The van der Waals surface area contributed by atoms with Crippen molar-refractivity contribution in [3.05, 3.63) is 45.8 Å². The highest BCUT2D eigenvalue weighted by molar-refractivity contribution is 5.53. The largest absolute Gasteiger partial charge is 0.431 e. The maximum atomic E-state index is 11.1. The Bertz CT molecular complexity index is 686. The van der Waals surface area contributed by atoms with Gasteiger partial charge in [0.25, 0.3) is 0 Å². The molecule has 7 nitrogen and oxygen atoms in total. The number of para-hydroxylation sites is 1. The van der Waals surface area contributed by atoms with Crippen molar-refractivity contribution >= 4 is 11.5 Å². The van der Waals surface area contributed by atoms with Gasteiger partial charge in [-0.15, -0.1) is 0 Å². The molecule has 2 rings (SSSR count). The van der Waals surface area contributed by atoms with E-state index in [1.54, 1.807) is 19.1 Å². The molecule has 7 heteroatoms. The van der Waals surface area contributed by atoms with Crippen LogP contribution >= 0.6 is 0 Å². The molecule has 0 aliphatic heterocycles. The van der Waals surface area contributed by atoms with E-state index in [2.05, 4.69) is 9.97 Å². The van der Waals surface area contributed by atoms with Gasteiger partial charge in [-0.25, -0.2) is 4.98 Å². The summed E-state index contributed by atoms with van der Waals surface area (Å²) in [6.07, 6.45) is 0. The van der Waals surface area contributed by atoms with Gasteiger partial charge in [-0.2, -0.15) is 4.98 Å². The van der Waals surface area contributed by atoms with E-state index >= 15 is 0 Å². The normalized spacial score (nSPS) is 10.7. The van der Waals surface area contributed by atoms with E-state index in [9.17, 15) is 10.1 Å². The van der Waals surface area contributed by atoms with Gasteiger partial charge in [-0.1, -0.05) is 26.0 Å². The topological polar surface area (TPSA) is 104 Å². The smallest absolute Gasteiger partial charge is 0.311 e. The van der Waals surface area contributed by atoms with Crippen LogP contribution in [-0.4, -0.2) is 14.9 Å². The van der Waals surface area contributed by atoms with Crippen molar-refractivity contribution in [3.63, 3.8) is 0 Å². The quantitative estimate of drug-likeness (QED) is 0.684. The Balaban J connectivity index is 2.45. The van der Waals surface area contributed by atoms with Gasteiger partial charge in [0.1, 0.15) is 11.6 Å². The summed E-state index contributed by atoms with van der Waals surface area (Å²) >= 11 is 0. The first-order valence-corrected chi connectivity index (χ1v) is 6.44. The summed E-state index contributed by atoms with van der Waals surface area (Å²) in [5.41, 5.74) is 6.25. The van der Waals surface area contributed by atoms with Crippen LogP contribution in [0.3, 0.4) is 0 Å². The number of nitrogens with two attached hydrogens (primary N) is 1. The van der Waals surface area contributed by atoms with Crippen LogP contribution in [0, 0.1) is 17.0 Å². The van der Waals surface area contributed by atoms with Gasteiger partial charge < -0.3 is 10.5 Å². The van der Waals surface area contributed by atoms with Gasteiger partial charge in [0, 0.05) is 18.1 Å². The van der Waals surface area contributed by atoms with Crippen molar-refractivity contribution in [1.82, 2.24) is 9.97 Å². The maximum Gasteiger partial charge on any atom is 0.311 e. The molecule has 0 radical (unpaired) electrons. The third-order valence-electron chi connectivity index (χ3n) is 2.85. The summed E-state index contributed by atoms with van der Waals surface area (Å²) in [6, 6.07) is 6.17. The minimum atomic E-state index is -0.490. The maximum absolute atomic E-state index is 11.1. The lowest BCUT2D eigenvalue weighted by molar-refractivity contribution is -0.385. The fourth-order valence-electron chi connectivity index (χ4n) is 1.79. The Morgan fingerprint density at radius 3 is 2.67 bits per heavy atom. The van der Waals surface area contributed by atoms with E-state index in [4.69, 9.17) is 10.5 Å².